The van der Waals surface area contributed by atoms with Crippen LogP contribution >= 0.6 is 15.9 Å². The second kappa shape index (κ2) is 7.78. The first-order chi connectivity index (χ1) is 13.6. The van der Waals surface area contributed by atoms with Crippen LogP contribution in [0.2, 0.25) is 0 Å². The van der Waals surface area contributed by atoms with Crippen molar-refractivity contribution in [2.24, 2.45) is 0 Å². The number of carbonyl (C=O) groups is 1. The number of carbonyl (C=O) groups excluding carboxylic acids is 1. The molecule has 0 radical (unpaired) electrons. The topological polar surface area (TPSA) is 66.9 Å². The predicted octanol–water partition coefficient (Wildman–Crippen LogP) is 5.70. The number of aromatic nitrogens is 2. The molecule has 2 N–H and O–H groups in total. The Kier molecular flexibility index (Phi) is 5.04. The average Bonchev–Trinajstić information content (AvgIpc) is 2.69. The van der Waals surface area contributed by atoms with Crippen molar-refractivity contribution in [2.45, 2.75) is 6.92 Å². The molecule has 4 rings (SSSR count). The van der Waals surface area contributed by atoms with Gasteiger partial charge in [-0.1, -0.05) is 51.8 Å². The van der Waals surface area contributed by atoms with E-state index in [9.17, 15) is 4.79 Å². The van der Waals surface area contributed by atoms with Crippen LogP contribution in [0.1, 0.15) is 16.2 Å². The molecule has 0 aliphatic heterocycles. The lowest BCUT2D eigenvalue weighted by molar-refractivity contribution is 0.101. The molecule has 138 valence electrons. The number of amides is 1. The molecule has 5 nitrogen and oxygen atoms in total. The zero-order chi connectivity index (χ0) is 19.5. The Morgan fingerprint density at radius 1 is 0.893 bits per heavy atom. The third-order valence-corrected chi connectivity index (χ3v) is 4.70. The van der Waals surface area contributed by atoms with Crippen molar-refractivity contribution in [3.8, 4) is 0 Å². The van der Waals surface area contributed by atoms with E-state index in [-0.39, 0.29) is 11.7 Å². The Morgan fingerprint density at radius 3 is 2.46 bits per heavy atom. The number of benzene rings is 3. The van der Waals surface area contributed by atoms with Crippen molar-refractivity contribution < 1.29 is 4.79 Å². The molecule has 0 aliphatic carbocycles. The first-order valence-corrected chi connectivity index (χ1v) is 9.55. The van der Waals surface area contributed by atoms with Gasteiger partial charge in [0, 0.05) is 21.2 Å². The van der Waals surface area contributed by atoms with E-state index in [1.54, 1.807) is 0 Å². The molecule has 1 amide bonds. The Balaban J connectivity index is 1.70. The molecule has 0 saturated heterocycles. The molecule has 3 aromatic carbocycles. The van der Waals surface area contributed by atoms with Crippen molar-refractivity contribution in [1.82, 2.24) is 9.97 Å². The lowest BCUT2D eigenvalue weighted by Crippen LogP contribution is -2.16. The van der Waals surface area contributed by atoms with Gasteiger partial charge < -0.3 is 10.6 Å². The summed E-state index contributed by atoms with van der Waals surface area (Å²) in [7, 11) is 0. The fourth-order valence-electron chi connectivity index (χ4n) is 2.80. The molecular weight excluding hydrogens is 416 g/mol. The molecule has 0 bridgehead atoms. The lowest BCUT2D eigenvalue weighted by Gasteiger charge is -2.11. The summed E-state index contributed by atoms with van der Waals surface area (Å²) in [6.07, 6.45) is 0. The number of para-hydroxylation sites is 1. The molecule has 0 saturated carbocycles. The van der Waals surface area contributed by atoms with Gasteiger partial charge in [0.15, 0.2) is 0 Å². The number of hydrogen-bond donors (Lipinski definition) is 2. The van der Waals surface area contributed by atoms with E-state index in [1.807, 2.05) is 79.7 Å². The summed E-state index contributed by atoms with van der Waals surface area (Å²) in [6.45, 7) is 2.04. The zero-order valence-electron chi connectivity index (χ0n) is 15.1. The fraction of sp³-hybridized carbons (Fsp3) is 0.0455. The minimum Gasteiger partial charge on any atom is -0.340 e. The van der Waals surface area contributed by atoms with Crippen LogP contribution in [-0.4, -0.2) is 15.9 Å². The van der Waals surface area contributed by atoms with Gasteiger partial charge in [-0.05, 0) is 49.4 Å². The maximum atomic E-state index is 12.7. The average molecular weight is 433 g/mol. The summed E-state index contributed by atoms with van der Waals surface area (Å²) in [6, 6.07) is 23.0. The summed E-state index contributed by atoms with van der Waals surface area (Å²) < 4.78 is 0.881. The van der Waals surface area contributed by atoms with Gasteiger partial charge in [0.05, 0.1) is 5.52 Å². The normalized spacial score (nSPS) is 10.6. The summed E-state index contributed by atoms with van der Waals surface area (Å²) >= 11 is 3.40. The van der Waals surface area contributed by atoms with E-state index in [4.69, 9.17) is 0 Å². The summed E-state index contributed by atoms with van der Waals surface area (Å²) in [4.78, 5) is 21.7. The summed E-state index contributed by atoms with van der Waals surface area (Å²) in [5, 5.41) is 6.99. The maximum Gasteiger partial charge on any atom is 0.293 e. The Morgan fingerprint density at radius 2 is 1.68 bits per heavy atom. The largest absolute Gasteiger partial charge is 0.340 e. The van der Waals surface area contributed by atoms with Crippen LogP contribution in [-0.2, 0) is 0 Å². The van der Waals surface area contributed by atoms with Crippen molar-refractivity contribution in [1.29, 1.82) is 0 Å². The van der Waals surface area contributed by atoms with Crippen molar-refractivity contribution >= 4 is 49.9 Å². The molecule has 6 heteroatoms. The van der Waals surface area contributed by atoms with Crippen LogP contribution in [0.5, 0.6) is 0 Å². The quantitative estimate of drug-likeness (QED) is 0.434. The highest BCUT2D eigenvalue weighted by atomic mass is 79.9. The number of fused-ring (bicyclic) bond motifs is 1. The van der Waals surface area contributed by atoms with Gasteiger partial charge in [0.25, 0.3) is 5.91 Å². The van der Waals surface area contributed by atoms with Crippen LogP contribution in [0.3, 0.4) is 0 Å². The van der Waals surface area contributed by atoms with E-state index in [0.717, 1.165) is 15.5 Å². The van der Waals surface area contributed by atoms with Gasteiger partial charge in [-0.25, -0.2) is 9.97 Å². The summed E-state index contributed by atoms with van der Waals surface area (Å²) in [5.74, 6) is 0.331. The van der Waals surface area contributed by atoms with Gasteiger partial charge in [-0.15, -0.1) is 0 Å². The van der Waals surface area contributed by atoms with E-state index in [2.05, 4.69) is 36.5 Å². The first kappa shape index (κ1) is 18.1. The van der Waals surface area contributed by atoms with Crippen LogP contribution in [0, 0.1) is 6.92 Å². The second-order valence-electron chi connectivity index (χ2n) is 6.37. The van der Waals surface area contributed by atoms with Crippen molar-refractivity contribution in [3.63, 3.8) is 0 Å². The number of anilines is 3. The number of halogens is 1. The standard InChI is InChI=1S/C22H17BrN4O/c1-14-9-11-16(12-10-14)24-20-18-7-2-3-8-19(18)26-21(27-20)22(28)25-17-6-4-5-15(23)13-17/h2-13H,1H3,(H,25,28)(H,24,26,27). The van der Waals surface area contributed by atoms with Gasteiger partial charge >= 0.3 is 0 Å². The molecular formula is C22H17BrN4O. The predicted molar refractivity (Wildman–Crippen MR) is 116 cm³/mol. The SMILES string of the molecule is Cc1ccc(Nc2nc(C(=O)Nc3cccc(Br)c3)nc3ccccc23)cc1. The first-order valence-electron chi connectivity index (χ1n) is 8.76. The third-order valence-electron chi connectivity index (χ3n) is 4.20. The van der Waals surface area contributed by atoms with Gasteiger partial charge in [0.1, 0.15) is 5.82 Å². The second-order valence-corrected chi connectivity index (χ2v) is 7.28. The molecule has 1 aromatic heterocycles. The van der Waals surface area contributed by atoms with E-state index >= 15 is 0 Å². The molecule has 0 aliphatic rings. The van der Waals surface area contributed by atoms with E-state index < -0.39 is 0 Å². The zero-order valence-corrected chi connectivity index (χ0v) is 16.7. The van der Waals surface area contributed by atoms with Gasteiger partial charge in [0.2, 0.25) is 5.82 Å². The fourth-order valence-corrected chi connectivity index (χ4v) is 3.20. The van der Waals surface area contributed by atoms with Crippen molar-refractivity contribution in [2.75, 3.05) is 10.6 Å². The Bertz CT molecular complexity index is 1160. The molecule has 0 unspecified atom stereocenters. The highest BCUT2D eigenvalue weighted by Gasteiger charge is 2.14. The molecule has 0 atom stereocenters. The van der Waals surface area contributed by atoms with Crippen LogP contribution in [0.25, 0.3) is 10.9 Å². The number of aryl methyl sites for hydroxylation is 1. The molecule has 0 fully saturated rings. The third kappa shape index (κ3) is 4.02. The molecule has 28 heavy (non-hydrogen) atoms. The molecule has 0 spiro atoms. The van der Waals surface area contributed by atoms with Gasteiger partial charge in [-0.3, -0.25) is 4.79 Å². The Hall–Kier alpha value is -3.25. The number of nitrogens with one attached hydrogen (secondary N) is 2. The highest BCUT2D eigenvalue weighted by molar-refractivity contribution is 9.10. The lowest BCUT2D eigenvalue weighted by atomic mass is 10.2. The van der Waals surface area contributed by atoms with Crippen molar-refractivity contribution in [3.05, 3.63) is 88.7 Å². The number of hydrogen-bond acceptors (Lipinski definition) is 4. The minimum atomic E-state index is -0.365. The number of rotatable bonds is 4. The van der Waals surface area contributed by atoms with E-state index in [0.29, 0.717) is 17.0 Å². The molecule has 1 heterocycles. The van der Waals surface area contributed by atoms with Crippen LogP contribution in [0.15, 0.2) is 77.3 Å². The smallest absolute Gasteiger partial charge is 0.293 e. The minimum absolute atomic E-state index is 0.105. The van der Waals surface area contributed by atoms with E-state index in [1.165, 1.54) is 5.56 Å². The van der Waals surface area contributed by atoms with Gasteiger partial charge in [-0.2, -0.15) is 0 Å². The summed E-state index contributed by atoms with van der Waals surface area (Å²) in [5.41, 5.74) is 3.44. The maximum absolute atomic E-state index is 12.7. The van der Waals surface area contributed by atoms with Crippen LogP contribution in [0.4, 0.5) is 17.2 Å². The highest BCUT2D eigenvalue weighted by Crippen LogP contribution is 2.24. The number of nitrogens with zero attached hydrogens (tertiary/aromatic N) is 2. The Labute approximate surface area is 171 Å². The molecule has 4 aromatic rings. The monoisotopic (exact) mass is 432 g/mol. The van der Waals surface area contributed by atoms with Crippen LogP contribution < -0.4 is 10.6 Å².